The molecule has 0 saturated carbocycles. The summed E-state index contributed by atoms with van der Waals surface area (Å²) in [6, 6.07) is 3.14. The number of hydrogen-bond donors (Lipinski definition) is 1. The van der Waals surface area contributed by atoms with E-state index in [0.29, 0.717) is 10.7 Å². The number of likely N-dealkylation sites (tertiary alicyclic amines) is 2. The van der Waals surface area contributed by atoms with Gasteiger partial charge in [0.05, 0.1) is 5.56 Å². The Bertz CT molecular complexity index is 936. The molecule has 2 fully saturated rings. The summed E-state index contributed by atoms with van der Waals surface area (Å²) < 4.78 is 1.29. The number of aromatic nitrogens is 2. The van der Waals surface area contributed by atoms with Crippen molar-refractivity contribution in [2.75, 3.05) is 31.5 Å². The number of carbonyl (C=O) groups excluding carboxylic acids is 2. The molecule has 2 aliphatic heterocycles. The van der Waals surface area contributed by atoms with Crippen LogP contribution in [0.25, 0.3) is 0 Å². The Balaban J connectivity index is 1.46. The van der Waals surface area contributed by atoms with E-state index in [0.717, 1.165) is 45.4 Å². The minimum atomic E-state index is -0.346. The van der Waals surface area contributed by atoms with E-state index in [-0.39, 0.29) is 30.0 Å². The molecule has 8 nitrogen and oxygen atoms in total. The highest BCUT2D eigenvalue weighted by molar-refractivity contribution is 7.13. The second kappa shape index (κ2) is 9.53. The van der Waals surface area contributed by atoms with E-state index < -0.39 is 0 Å². The van der Waals surface area contributed by atoms with Gasteiger partial charge in [0, 0.05) is 43.0 Å². The lowest BCUT2D eigenvalue weighted by molar-refractivity contribution is -0.116. The lowest BCUT2D eigenvalue weighted by Crippen LogP contribution is -2.49. The van der Waals surface area contributed by atoms with Crippen molar-refractivity contribution in [1.82, 2.24) is 19.4 Å². The molecule has 0 radical (unpaired) electrons. The first-order valence-electron chi connectivity index (χ1n) is 10.5. The molecule has 2 aromatic rings. The van der Waals surface area contributed by atoms with Crippen LogP contribution in [0.5, 0.6) is 0 Å². The number of rotatable bonds is 6. The number of nitrogens with zero attached hydrogens (tertiary/aromatic N) is 4. The highest BCUT2D eigenvalue weighted by atomic mass is 32.1. The predicted molar refractivity (Wildman–Crippen MR) is 116 cm³/mol. The van der Waals surface area contributed by atoms with Gasteiger partial charge in [0.15, 0.2) is 5.13 Å². The van der Waals surface area contributed by atoms with Crippen molar-refractivity contribution in [3.05, 3.63) is 45.8 Å². The van der Waals surface area contributed by atoms with Gasteiger partial charge < -0.3 is 19.7 Å². The molecule has 1 atom stereocenters. The van der Waals surface area contributed by atoms with Crippen LogP contribution in [-0.2, 0) is 11.3 Å². The molecular formula is C21H27N5O3S. The fourth-order valence-electron chi connectivity index (χ4n) is 4.27. The Morgan fingerprint density at radius 2 is 1.93 bits per heavy atom. The molecule has 30 heavy (non-hydrogen) atoms. The van der Waals surface area contributed by atoms with Crippen LogP contribution in [0.4, 0.5) is 5.13 Å². The third kappa shape index (κ3) is 4.96. The largest absolute Gasteiger partial charge is 0.334 e. The van der Waals surface area contributed by atoms with E-state index in [1.54, 1.807) is 17.6 Å². The van der Waals surface area contributed by atoms with E-state index >= 15 is 0 Å². The van der Waals surface area contributed by atoms with Gasteiger partial charge in [-0.1, -0.05) is 0 Å². The maximum atomic E-state index is 13.3. The Morgan fingerprint density at radius 3 is 2.70 bits per heavy atom. The molecule has 0 aromatic carbocycles. The average molecular weight is 430 g/mol. The topological polar surface area (TPSA) is 87.5 Å². The second-order valence-electron chi connectivity index (χ2n) is 7.93. The van der Waals surface area contributed by atoms with Crippen molar-refractivity contribution in [2.45, 2.75) is 44.7 Å². The van der Waals surface area contributed by atoms with Crippen molar-refractivity contribution in [1.29, 1.82) is 0 Å². The maximum absolute atomic E-state index is 13.3. The highest BCUT2D eigenvalue weighted by Crippen LogP contribution is 2.22. The van der Waals surface area contributed by atoms with E-state index in [1.807, 2.05) is 4.90 Å². The van der Waals surface area contributed by atoms with Crippen LogP contribution in [0.1, 0.15) is 42.5 Å². The summed E-state index contributed by atoms with van der Waals surface area (Å²) in [5.41, 5.74) is 0.137. The van der Waals surface area contributed by atoms with E-state index in [9.17, 15) is 14.4 Å². The van der Waals surface area contributed by atoms with Gasteiger partial charge >= 0.3 is 0 Å². The van der Waals surface area contributed by atoms with Crippen LogP contribution in [0, 0.1) is 0 Å². The van der Waals surface area contributed by atoms with Gasteiger partial charge in [-0.3, -0.25) is 14.4 Å². The zero-order chi connectivity index (χ0) is 20.9. The van der Waals surface area contributed by atoms with Crippen LogP contribution < -0.4 is 10.9 Å². The first-order valence-corrected chi connectivity index (χ1v) is 11.4. The normalized spacial score (nSPS) is 19.7. The molecule has 2 aromatic heterocycles. The first-order chi connectivity index (χ1) is 14.6. The molecule has 2 amide bonds. The van der Waals surface area contributed by atoms with Crippen molar-refractivity contribution in [3.63, 3.8) is 0 Å². The monoisotopic (exact) mass is 429 g/mol. The van der Waals surface area contributed by atoms with Gasteiger partial charge in [0.25, 0.3) is 11.5 Å². The lowest BCUT2D eigenvalue weighted by Gasteiger charge is -2.38. The SMILES string of the molecule is O=C(Cn1cc(C(=O)N2CCCC[C@@H]2CN2CCCC2)ccc1=O)Nc1nccs1. The fourth-order valence-corrected chi connectivity index (χ4v) is 4.81. The van der Waals surface area contributed by atoms with Gasteiger partial charge in [0.1, 0.15) is 6.54 Å². The van der Waals surface area contributed by atoms with Crippen LogP contribution in [0.3, 0.4) is 0 Å². The molecule has 9 heteroatoms. The number of thiazole rings is 1. The zero-order valence-corrected chi connectivity index (χ0v) is 17.8. The number of piperidine rings is 1. The molecule has 4 heterocycles. The van der Waals surface area contributed by atoms with Crippen LogP contribution in [0.15, 0.2) is 34.7 Å². The molecule has 160 valence electrons. The Morgan fingerprint density at radius 1 is 1.13 bits per heavy atom. The molecular weight excluding hydrogens is 402 g/mol. The van der Waals surface area contributed by atoms with Crippen molar-refractivity contribution in [3.8, 4) is 0 Å². The smallest absolute Gasteiger partial charge is 0.255 e. The summed E-state index contributed by atoms with van der Waals surface area (Å²) in [6.45, 7) is 3.72. The molecule has 0 unspecified atom stereocenters. The number of hydrogen-bond acceptors (Lipinski definition) is 6. The quantitative estimate of drug-likeness (QED) is 0.759. The molecule has 0 spiro atoms. The summed E-state index contributed by atoms with van der Waals surface area (Å²) >= 11 is 1.31. The standard InChI is InChI=1S/C21H27N5O3S/c27-18(23-21-22-8-12-30-21)15-25-13-16(6-7-19(25)28)20(29)26-11-2-1-5-17(26)14-24-9-3-4-10-24/h6-8,12-13,17H,1-5,9-11,14-15H2,(H,22,23,27)/t17-/m1/s1. The summed E-state index contributed by atoms with van der Waals surface area (Å²) in [7, 11) is 0. The van der Waals surface area contributed by atoms with Gasteiger partial charge in [0.2, 0.25) is 5.91 Å². The number of amides is 2. The molecule has 0 aliphatic carbocycles. The van der Waals surface area contributed by atoms with Crippen molar-refractivity contribution >= 4 is 28.3 Å². The van der Waals surface area contributed by atoms with Gasteiger partial charge in [-0.2, -0.15) is 0 Å². The molecule has 0 bridgehead atoms. The third-order valence-corrected chi connectivity index (χ3v) is 6.47. The lowest BCUT2D eigenvalue weighted by atomic mass is 10.0. The maximum Gasteiger partial charge on any atom is 0.255 e. The Hall–Kier alpha value is -2.52. The number of carbonyl (C=O) groups is 2. The summed E-state index contributed by atoms with van der Waals surface area (Å²) in [5, 5.41) is 4.91. The van der Waals surface area contributed by atoms with Gasteiger partial charge in [-0.25, -0.2) is 4.98 Å². The minimum absolute atomic E-state index is 0.0621. The Labute approximate surface area is 179 Å². The summed E-state index contributed by atoms with van der Waals surface area (Å²) in [4.78, 5) is 46.2. The predicted octanol–water partition coefficient (Wildman–Crippen LogP) is 2.03. The van der Waals surface area contributed by atoms with Crippen LogP contribution in [-0.4, -0.2) is 63.4 Å². The highest BCUT2D eigenvalue weighted by Gasteiger charge is 2.30. The molecule has 1 N–H and O–H groups in total. The first kappa shape index (κ1) is 20.7. The van der Waals surface area contributed by atoms with Crippen molar-refractivity contribution < 1.29 is 9.59 Å². The van der Waals surface area contributed by atoms with Gasteiger partial charge in [-0.15, -0.1) is 11.3 Å². The van der Waals surface area contributed by atoms with Crippen LogP contribution in [0.2, 0.25) is 0 Å². The molecule has 4 rings (SSSR count). The Kier molecular flexibility index (Phi) is 6.59. The van der Waals surface area contributed by atoms with E-state index in [4.69, 9.17) is 0 Å². The summed E-state index contributed by atoms with van der Waals surface area (Å²) in [6.07, 6.45) is 8.72. The number of nitrogens with one attached hydrogen (secondary N) is 1. The third-order valence-electron chi connectivity index (χ3n) is 5.78. The minimum Gasteiger partial charge on any atom is -0.334 e. The zero-order valence-electron chi connectivity index (χ0n) is 17.0. The molecule has 2 aliphatic rings. The second-order valence-corrected chi connectivity index (χ2v) is 8.82. The average Bonchev–Trinajstić information content (AvgIpc) is 3.44. The van der Waals surface area contributed by atoms with E-state index in [1.165, 1.54) is 41.0 Å². The summed E-state index contributed by atoms with van der Waals surface area (Å²) in [5.74, 6) is -0.408. The van der Waals surface area contributed by atoms with Gasteiger partial charge in [-0.05, 0) is 51.3 Å². The number of pyridine rings is 1. The number of anilines is 1. The van der Waals surface area contributed by atoms with E-state index in [2.05, 4.69) is 15.2 Å². The van der Waals surface area contributed by atoms with Crippen LogP contribution >= 0.6 is 11.3 Å². The molecule has 2 saturated heterocycles. The fraction of sp³-hybridized carbons (Fsp3) is 0.524. The van der Waals surface area contributed by atoms with Crippen molar-refractivity contribution in [2.24, 2.45) is 0 Å².